The number of hydrogen-bond acceptors (Lipinski definition) is 4. The molecule has 7 heteroatoms. The molecule has 0 saturated carbocycles. The molecule has 3 aromatic rings. The zero-order chi connectivity index (χ0) is 22.5. The van der Waals surface area contributed by atoms with E-state index in [4.69, 9.17) is 9.47 Å². The highest BCUT2D eigenvalue weighted by molar-refractivity contribution is 6.02. The van der Waals surface area contributed by atoms with Gasteiger partial charge in [-0.3, -0.25) is 4.79 Å². The van der Waals surface area contributed by atoms with Gasteiger partial charge in [-0.05, 0) is 35.7 Å². The molecule has 0 saturated heterocycles. The molecule has 0 spiro atoms. The number of ether oxygens (including phenoxy) is 2. The molecule has 1 atom stereocenters. The first kappa shape index (κ1) is 21.2. The van der Waals surface area contributed by atoms with Crippen LogP contribution < -0.4 is 25.0 Å². The fraction of sp³-hybridized carbons (Fsp3) is 0.200. The van der Waals surface area contributed by atoms with E-state index in [1.54, 1.807) is 30.2 Å². The van der Waals surface area contributed by atoms with Crippen LogP contribution in [0.1, 0.15) is 17.2 Å². The fourth-order valence-corrected chi connectivity index (χ4v) is 3.85. The number of benzene rings is 3. The van der Waals surface area contributed by atoms with Crippen LogP contribution in [-0.2, 0) is 11.2 Å². The standard InChI is InChI=1S/C25H25N3O4/c1-31-19-12-13-20(22(16-19)32-2)26-25(30)27-23(18-9-4-3-5-10-18)24(29)28-15-14-17-8-6-7-11-21(17)28/h3-13,16,23H,14-15H2,1-2H3,(H2,26,27,30). The van der Waals surface area contributed by atoms with Gasteiger partial charge < -0.3 is 25.0 Å². The van der Waals surface area contributed by atoms with Crippen LogP contribution in [-0.4, -0.2) is 32.7 Å². The number of nitrogens with zero attached hydrogens (tertiary/aromatic N) is 1. The number of para-hydroxylation sites is 1. The number of hydrogen-bond donors (Lipinski definition) is 2. The number of methoxy groups -OCH3 is 2. The molecule has 0 radical (unpaired) electrons. The van der Waals surface area contributed by atoms with Crippen LogP contribution in [0.15, 0.2) is 72.8 Å². The molecule has 0 aliphatic carbocycles. The van der Waals surface area contributed by atoms with E-state index in [0.29, 0.717) is 29.3 Å². The summed E-state index contributed by atoms with van der Waals surface area (Å²) in [5, 5.41) is 5.62. The Balaban J connectivity index is 1.57. The Morgan fingerprint density at radius 1 is 0.938 bits per heavy atom. The number of anilines is 2. The van der Waals surface area contributed by atoms with Crippen molar-refractivity contribution < 1.29 is 19.1 Å². The Hall–Kier alpha value is -4.00. The fourth-order valence-electron chi connectivity index (χ4n) is 3.85. The van der Waals surface area contributed by atoms with Crippen molar-refractivity contribution in [1.29, 1.82) is 0 Å². The number of rotatable bonds is 6. The van der Waals surface area contributed by atoms with Crippen molar-refractivity contribution >= 4 is 23.3 Å². The van der Waals surface area contributed by atoms with Gasteiger partial charge in [-0.2, -0.15) is 0 Å². The molecule has 7 nitrogen and oxygen atoms in total. The second kappa shape index (κ2) is 9.43. The third-order valence-electron chi connectivity index (χ3n) is 5.47. The molecule has 1 unspecified atom stereocenters. The summed E-state index contributed by atoms with van der Waals surface area (Å²) < 4.78 is 10.5. The van der Waals surface area contributed by atoms with Crippen molar-refractivity contribution in [1.82, 2.24) is 5.32 Å². The summed E-state index contributed by atoms with van der Waals surface area (Å²) in [6.07, 6.45) is 0.790. The highest BCUT2D eigenvalue weighted by Crippen LogP contribution is 2.31. The maximum atomic E-state index is 13.5. The minimum absolute atomic E-state index is 0.182. The molecule has 0 fully saturated rings. The minimum atomic E-state index is -0.841. The quantitative estimate of drug-likeness (QED) is 0.614. The van der Waals surface area contributed by atoms with E-state index in [1.807, 2.05) is 54.6 Å². The van der Waals surface area contributed by atoms with Crippen LogP contribution in [0.4, 0.5) is 16.2 Å². The van der Waals surface area contributed by atoms with Gasteiger partial charge in [-0.1, -0.05) is 48.5 Å². The lowest BCUT2D eigenvalue weighted by molar-refractivity contribution is -0.120. The van der Waals surface area contributed by atoms with E-state index in [9.17, 15) is 9.59 Å². The largest absolute Gasteiger partial charge is 0.497 e. The van der Waals surface area contributed by atoms with Crippen molar-refractivity contribution in [2.45, 2.75) is 12.5 Å². The lowest BCUT2D eigenvalue weighted by Gasteiger charge is -2.25. The maximum Gasteiger partial charge on any atom is 0.320 e. The molecule has 1 heterocycles. The molecular weight excluding hydrogens is 406 g/mol. The molecule has 1 aliphatic rings. The van der Waals surface area contributed by atoms with Crippen molar-refractivity contribution in [2.75, 3.05) is 31.0 Å². The molecule has 164 valence electrons. The van der Waals surface area contributed by atoms with Crippen LogP contribution in [0.2, 0.25) is 0 Å². The molecule has 4 rings (SSSR count). The van der Waals surface area contributed by atoms with Gasteiger partial charge in [0.25, 0.3) is 5.91 Å². The zero-order valence-electron chi connectivity index (χ0n) is 18.0. The molecule has 3 amide bonds. The Morgan fingerprint density at radius 2 is 1.69 bits per heavy atom. The van der Waals surface area contributed by atoms with Gasteiger partial charge in [0, 0.05) is 18.3 Å². The molecule has 0 aromatic heterocycles. The first-order valence-electron chi connectivity index (χ1n) is 10.3. The predicted molar refractivity (Wildman–Crippen MR) is 123 cm³/mol. The maximum absolute atomic E-state index is 13.5. The summed E-state index contributed by atoms with van der Waals surface area (Å²) in [4.78, 5) is 28.2. The lowest BCUT2D eigenvalue weighted by atomic mass is 10.1. The number of urea groups is 1. The number of carbonyl (C=O) groups excluding carboxylic acids is 2. The SMILES string of the molecule is COc1ccc(NC(=O)NC(C(=O)N2CCc3ccccc32)c2ccccc2)c(OC)c1. The second-order valence-electron chi connectivity index (χ2n) is 7.38. The van der Waals surface area contributed by atoms with Crippen molar-refractivity contribution in [3.05, 3.63) is 83.9 Å². The van der Waals surface area contributed by atoms with E-state index >= 15 is 0 Å². The third-order valence-corrected chi connectivity index (χ3v) is 5.47. The Labute approximate surface area is 187 Å². The smallest absolute Gasteiger partial charge is 0.320 e. The topological polar surface area (TPSA) is 79.9 Å². The third kappa shape index (κ3) is 4.37. The summed E-state index contributed by atoms with van der Waals surface area (Å²) in [5.41, 5.74) is 3.19. The van der Waals surface area contributed by atoms with Gasteiger partial charge in [-0.15, -0.1) is 0 Å². The molecule has 2 N–H and O–H groups in total. The van der Waals surface area contributed by atoms with Crippen LogP contribution in [0, 0.1) is 0 Å². The van der Waals surface area contributed by atoms with Crippen LogP contribution in [0.3, 0.4) is 0 Å². The van der Waals surface area contributed by atoms with Crippen LogP contribution in [0.5, 0.6) is 11.5 Å². The normalized spacial score (nSPS) is 13.1. The molecule has 32 heavy (non-hydrogen) atoms. The van der Waals surface area contributed by atoms with Gasteiger partial charge in [0.2, 0.25) is 0 Å². The first-order valence-corrected chi connectivity index (χ1v) is 10.3. The summed E-state index contributed by atoms with van der Waals surface area (Å²) in [5.74, 6) is 0.881. The first-order chi connectivity index (χ1) is 15.6. The van der Waals surface area contributed by atoms with Gasteiger partial charge in [0.05, 0.1) is 19.9 Å². The molecule has 1 aliphatic heterocycles. The second-order valence-corrected chi connectivity index (χ2v) is 7.38. The highest BCUT2D eigenvalue weighted by atomic mass is 16.5. The van der Waals surface area contributed by atoms with E-state index in [1.165, 1.54) is 7.11 Å². The number of amides is 3. The zero-order valence-corrected chi connectivity index (χ0v) is 18.0. The average Bonchev–Trinajstić information content (AvgIpc) is 3.27. The molecule has 3 aromatic carbocycles. The van der Waals surface area contributed by atoms with Crippen molar-refractivity contribution in [3.8, 4) is 11.5 Å². The van der Waals surface area contributed by atoms with Crippen LogP contribution >= 0.6 is 0 Å². The van der Waals surface area contributed by atoms with Crippen molar-refractivity contribution in [2.24, 2.45) is 0 Å². The van der Waals surface area contributed by atoms with Gasteiger partial charge >= 0.3 is 6.03 Å². The van der Waals surface area contributed by atoms with Crippen molar-refractivity contribution in [3.63, 3.8) is 0 Å². The highest BCUT2D eigenvalue weighted by Gasteiger charge is 2.32. The predicted octanol–water partition coefficient (Wildman–Crippen LogP) is 4.16. The number of fused-ring (bicyclic) bond motifs is 1. The Kier molecular flexibility index (Phi) is 6.26. The Morgan fingerprint density at radius 3 is 2.44 bits per heavy atom. The average molecular weight is 431 g/mol. The summed E-state index contributed by atoms with van der Waals surface area (Å²) in [6, 6.07) is 20.8. The summed E-state index contributed by atoms with van der Waals surface area (Å²) in [6.45, 7) is 0.580. The van der Waals surface area contributed by atoms with Gasteiger partial charge in [0.1, 0.15) is 17.5 Å². The van der Waals surface area contributed by atoms with Crippen LogP contribution in [0.25, 0.3) is 0 Å². The van der Waals surface area contributed by atoms with Gasteiger partial charge in [0.15, 0.2) is 0 Å². The number of nitrogens with one attached hydrogen (secondary N) is 2. The van der Waals surface area contributed by atoms with E-state index in [-0.39, 0.29) is 5.91 Å². The number of carbonyl (C=O) groups is 2. The summed E-state index contributed by atoms with van der Waals surface area (Å²) >= 11 is 0. The van der Waals surface area contributed by atoms with Gasteiger partial charge in [-0.25, -0.2) is 4.79 Å². The van der Waals surface area contributed by atoms with E-state index in [0.717, 1.165) is 17.7 Å². The molecule has 0 bridgehead atoms. The molecular formula is C25H25N3O4. The Bertz CT molecular complexity index is 1120. The van der Waals surface area contributed by atoms with E-state index in [2.05, 4.69) is 10.6 Å². The lowest BCUT2D eigenvalue weighted by Crippen LogP contribution is -2.43. The summed E-state index contributed by atoms with van der Waals surface area (Å²) in [7, 11) is 3.07. The minimum Gasteiger partial charge on any atom is -0.497 e. The van der Waals surface area contributed by atoms with E-state index < -0.39 is 12.1 Å². The monoisotopic (exact) mass is 431 g/mol.